The van der Waals surface area contributed by atoms with Gasteiger partial charge in [0.1, 0.15) is 5.69 Å². The van der Waals surface area contributed by atoms with E-state index in [1.165, 1.54) is 0 Å². The number of amides is 1. The Kier molecular flexibility index (Phi) is 4.15. The summed E-state index contributed by atoms with van der Waals surface area (Å²) in [5, 5.41) is 12.1. The molecule has 1 aromatic heterocycles. The number of nitrogens with zero attached hydrogens (tertiary/aromatic N) is 2. The van der Waals surface area contributed by atoms with Crippen LogP contribution in [-0.4, -0.2) is 47.6 Å². The van der Waals surface area contributed by atoms with E-state index in [1.54, 1.807) is 12.3 Å². The molecule has 2 rings (SSSR count). The van der Waals surface area contributed by atoms with Crippen molar-refractivity contribution in [3.05, 3.63) is 24.0 Å². The Balaban J connectivity index is 2.03. The van der Waals surface area contributed by atoms with Crippen molar-refractivity contribution in [3.8, 4) is 0 Å². The van der Waals surface area contributed by atoms with Crippen molar-refractivity contribution in [2.75, 3.05) is 32.1 Å². The molecule has 1 aromatic rings. The zero-order chi connectivity index (χ0) is 13.0. The highest BCUT2D eigenvalue weighted by atomic mass is 16.3. The Morgan fingerprint density at radius 3 is 2.89 bits per heavy atom. The van der Waals surface area contributed by atoms with Gasteiger partial charge in [-0.25, -0.2) is 0 Å². The topological polar surface area (TPSA) is 65.5 Å². The summed E-state index contributed by atoms with van der Waals surface area (Å²) in [6.07, 6.45) is 3.38. The summed E-state index contributed by atoms with van der Waals surface area (Å²) in [4.78, 5) is 18.2. The van der Waals surface area contributed by atoms with Gasteiger partial charge in [-0.15, -0.1) is 0 Å². The fourth-order valence-electron chi connectivity index (χ4n) is 2.18. The number of aliphatic hydroxyl groups excluding tert-OH is 1. The van der Waals surface area contributed by atoms with Gasteiger partial charge < -0.3 is 15.3 Å². The van der Waals surface area contributed by atoms with E-state index in [1.807, 2.05) is 18.0 Å². The molecule has 0 bridgehead atoms. The second-order valence-corrected chi connectivity index (χ2v) is 4.60. The number of rotatable bonds is 3. The molecule has 98 valence electrons. The summed E-state index contributed by atoms with van der Waals surface area (Å²) in [5.74, 6) is 0.314. The molecule has 18 heavy (non-hydrogen) atoms. The molecule has 0 unspecified atom stereocenters. The van der Waals surface area contributed by atoms with Crippen LogP contribution in [0.4, 0.5) is 5.69 Å². The van der Waals surface area contributed by atoms with Crippen LogP contribution >= 0.6 is 0 Å². The summed E-state index contributed by atoms with van der Waals surface area (Å²) in [7, 11) is 1.82. The summed E-state index contributed by atoms with van der Waals surface area (Å²) < 4.78 is 0. The molecular formula is C13H19N3O2. The quantitative estimate of drug-likeness (QED) is 0.837. The maximum atomic E-state index is 12.2. The first-order chi connectivity index (χ1) is 8.74. The number of nitrogens with one attached hydrogen (secondary N) is 1. The lowest BCUT2D eigenvalue weighted by atomic mass is 9.98. The molecule has 1 aliphatic rings. The fourth-order valence-corrected chi connectivity index (χ4v) is 2.18. The molecule has 2 heterocycles. The lowest BCUT2D eigenvalue weighted by Gasteiger charge is -2.30. The number of aromatic nitrogens is 1. The molecule has 2 N–H and O–H groups in total. The molecule has 0 aromatic carbocycles. The minimum Gasteiger partial charge on any atom is -0.396 e. The Bertz CT molecular complexity index is 414. The Hall–Kier alpha value is -1.62. The Labute approximate surface area is 107 Å². The molecule has 0 atom stereocenters. The van der Waals surface area contributed by atoms with Gasteiger partial charge in [-0.1, -0.05) is 0 Å². The smallest absolute Gasteiger partial charge is 0.272 e. The first kappa shape index (κ1) is 12.8. The third-order valence-corrected chi connectivity index (χ3v) is 3.43. The van der Waals surface area contributed by atoms with E-state index >= 15 is 0 Å². The second kappa shape index (κ2) is 5.82. The second-order valence-electron chi connectivity index (χ2n) is 4.60. The van der Waals surface area contributed by atoms with E-state index in [-0.39, 0.29) is 12.5 Å². The summed E-state index contributed by atoms with van der Waals surface area (Å²) >= 11 is 0. The maximum absolute atomic E-state index is 12.2. The highest BCUT2D eigenvalue weighted by Gasteiger charge is 2.23. The minimum atomic E-state index is -0.0245. The average Bonchev–Trinajstić information content (AvgIpc) is 2.46. The van der Waals surface area contributed by atoms with E-state index in [0.717, 1.165) is 18.5 Å². The van der Waals surface area contributed by atoms with Gasteiger partial charge in [0.15, 0.2) is 0 Å². The summed E-state index contributed by atoms with van der Waals surface area (Å²) in [6, 6.07) is 3.59. The zero-order valence-corrected chi connectivity index (χ0v) is 10.6. The molecule has 0 spiro atoms. The predicted molar refractivity (Wildman–Crippen MR) is 69.5 cm³/mol. The van der Waals surface area contributed by atoms with Gasteiger partial charge in [-0.2, -0.15) is 0 Å². The third kappa shape index (κ3) is 2.79. The van der Waals surface area contributed by atoms with E-state index < -0.39 is 0 Å². The number of aliphatic hydroxyl groups is 1. The molecule has 1 aliphatic heterocycles. The number of carbonyl (C=O) groups excluding carboxylic acids is 1. The normalized spacial score (nSPS) is 16.7. The van der Waals surface area contributed by atoms with Gasteiger partial charge in [-0.3, -0.25) is 9.78 Å². The van der Waals surface area contributed by atoms with Gasteiger partial charge >= 0.3 is 0 Å². The van der Waals surface area contributed by atoms with Crippen LogP contribution in [-0.2, 0) is 0 Å². The van der Waals surface area contributed by atoms with Crippen LogP contribution in [0.3, 0.4) is 0 Å². The van der Waals surface area contributed by atoms with E-state index in [9.17, 15) is 4.79 Å². The van der Waals surface area contributed by atoms with Crippen molar-refractivity contribution in [2.24, 2.45) is 5.92 Å². The third-order valence-electron chi connectivity index (χ3n) is 3.43. The van der Waals surface area contributed by atoms with Crippen LogP contribution < -0.4 is 5.32 Å². The van der Waals surface area contributed by atoms with Crippen LogP contribution in [0.15, 0.2) is 18.3 Å². The first-order valence-corrected chi connectivity index (χ1v) is 6.28. The van der Waals surface area contributed by atoms with Crippen LogP contribution in [0.25, 0.3) is 0 Å². The lowest BCUT2D eigenvalue weighted by molar-refractivity contribution is 0.0645. The number of likely N-dealkylation sites (tertiary alicyclic amines) is 1. The number of piperidine rings is 1. The molecule has 1 saturated heterocycles. The van der Waals surface area contributed by atoms with Crippen molar-refractivity contribution in [1.29, 1.82) is 0 Å². The zero-order valence-electron chi connectivity index (χ0n) is 10.6. The number of hydrogen-bond donors (Lipinski definition) is 2. The molecule has 1 amide bonds. The molecule has 1 fully saturated rings. The van der Waals surface area contributed by atoms with Crippen molar-refractivity contribution >= 4 is 11.6 Å². The van der Waals surface area contributed by atoms with Crippen molar-refractivity contribution in [2.45, 2.75) is 12.8 Å². The summed E-state index contributed by atoms with van der Waals surface area (Å²) in [6.45, 7) is 1.63. The number of pyridine rings is 1. The fraction of sp³-hybridized carbons (Fsp3) is 0.538. The number of hydrogen-bond acceptors (Lipinski definition) is 4. The highest BCUT2D eigenvalue weighted by Crippen LogP contribution is 2.18. The van der Waals surface area contributed by atoms with Gasteiger partial charge in [0.2, 0.25) is 0 Å². The van der Waals surface area contributed by atoms with Crippen molar-refractivity contribution < 1.29 is 9.90 Å². The number of carbonyl (C=O) groups is 1. The lowest BCUT2D eigenvalue weighted by Crippen LogP contribution is -2.39. The SMILES string of the molecule is CNc1ccnc(C(=O)N2CCC(CO)CC2)c1. The van der Waals surface area contributed by atoms with Crippen LogP contribution in [0.1, 0.15) is 23.3 Å². The van der Waals surface area contributed by atoms with E-state index in [2.05, 4.69) is 10.3 Å². The van der Waals surface area contributed by atoms with Crippen LogP contribution in [0, 0.1) is 5.92 Å². The molecule has 5 nitrogen and oxygen atoms in total. The summed E-state index contributed by atoms with van der Waals surface area (Å²) in [5.41, 5.74) is 1.36. The van der Waals surface area contributed by atoms with E-state index in [4.69, 9.17) is 5.11 Å². The molecule has 0 aliphatic carbocycles. The van der Waals surface area contributed by atoms with Gasteiger partial charge in [0.25, 0.3) is 5.91 Å². The largest absolute Gasteiger partial charge is 0.396 e. The Morgan fingerprint density at radius 1 is 1.56 bits per heavy atom. The van der Waals surface area contributed by atoms with Gasteiger partial charge in [-0.05, 0) is 30.9 Å². The van der Waals surface area contributed by atoms with E-state index in [0.29, 0.717) is 24.7 Å². The average molecular weight is 249 g/mol. The van der Waals surface area contributed by atoms with Crippen molar-refractivity contribution in [3.63, 3.8) is 0 Å². The highest BCUT2D eigenvalue weighted by molar-refractivity contribution is 5.93. The molecule has 0 radical (unpaired) electrons. The first-order valence-electron chi connectivity index (χ1n) is 6.28. The van der Waals surface area contributed by atoms with Crippen LogP contribution in [0.5, 0.6) is 0 Å². The molecular weight excluding hydrogens is 230 g/mol. The van der Waals surface area contributed by atoms with Gasteiger partial charge in [0, 0.05) is 38.6 Å². The van der Waals surface area contributed by atoms with Crippen LogP contribution in [0.2, 0.25) is 0 Å². The Morgan fingerprint density at radius 2 is 2.28 bits per heavy atom. The molecule has 0 saturated carbocycles. The minimum absolute atomic E-state index is 0.0245. The monoisotopic (exact) mass is 249 g/mol. The predicted octanol–water partition coefficient (Wildman–Crippen LogP) is 0.968. The van der Waals surface area contributed by atoms with Gasteiger partial charge in [0.05, 0.1) is 0 Å². The van der Waals surface area contributed by atoms with Crippen molar-refractivity contribution in [1.82, 2.24) is 9.88 Å². The maximum Gasteiger partial charge on any atom is 0.272 e. The standard InChI is InChI=1S/C13H19N3O2/c1-14-11-2-5-15-12(8-11)13(18)16-6-3-10(9-17)4-7-16/h2,5,8,10,17H,3-4,6-7,9H2,1H3,(H,14,15). The molecule has 5 heteroatoms. The number of anilines is 1.